The smallest absolute Gasteiger partial charge is 0.407 e. The summed E-state index contributed by atoms with van der Waals surface area (Å²) in [6.45, 7) is 8.24. The van der Waals surface area contributed by atoms with Crippen molar-refractivity contribution in [1.82, 2.24) is 15.1 Å². The van der Waals surface area contributed by atoms with Gasteiger partial charge in [0.15, 0.2) is 0 Å². The Morgan fingerprint density at radius 1 is 0.893 bits per heavy atom. The van der Waals surface area contributed by atoms with Crippen molar-refractivity contribution in [2.45, 2.75) is 77.7 Å². The van der Waals surface area contributed by atoms with Crippen LogP contribution in [0.4, 0.5) is 4.79 Å². The fourth-order valence-electron chi connectivity index (χ4n) is 3.93. The van der Waals surface area contributed by atoms with Crippen LogP contribution in [0.5, 0.6) is 0 Å². The maximum atomic E-state index is 12.6. The molecular formula is C21H37N3O4. The van der Waals surface area contributed by atoms with Crippen LogP contribution < -0.4 is 5.32 Å². The minimum atomic E-state index is -0.549. The molecule has 7 nitrogen and oxygen atoms in total. The first kappa shape index (κ1) is 22.5. The molecule has 1 saturated carbocycles. The van der Waals surface area contributed by atoms with Gasteiger partial charge in [-0.15, -0.1) is 0 Å². The molecule has 2 fully saturated rings. The van der Waals surface area contributed by atoms with Gasteiger partial charge in [-0.1, -0.05) is 19.3 Å². The van der Waals surface area contributed by atoms with E-state index in [0.29, 0.717) is 32.0 Å². The van der Waals surface area contributed by atoms with Crippen LogP contribution in [0.25, 0.3) is 0 Å². The summed E-state index contributed by atoms with van der Waals surface area (Å²) in [4.78, 5) is 40.5. The highest BCUT2D eigenvalue weighted by atomic mass is 16.6. The van der Waals surface area contributed by atoms with Crippen LogP contribution in [0, 0.1) is 5.92 Å². The molecule has 0 aromatic carbocycles. The number of amides is 3. The fourth-order valence-corrected chi connectivity index (χ4v) is 3.93. The Balaban J connectivity index is 1.69. The zero-order valence-electron chi connectivity index (χ0n) is 17.8. The van der Waals surface area contributed by atoms with Crippen LogP contribution in [0.3, 0.4) is 0 Å². The van der Waals surface area contributed by atoms with E-state index >= 15 is 0 Å². The molecule has 160 valence electrons. The largest absolute Gasteiger partial charge is 0.444 e. The van der Waals surface area contributed by atoms with E-state index in [1.54, 1.807) is 20.8 Å². The third-order valence-corrected chi connectivity index (χ3v) is 5.40. The summed E-state index contributed by atoms with van der Waals surface area (Å²) in [6.07, 6.45) is 7.35. The minimum absolute atomic E-state index is 0.0117. The Labute approximate surface area is 169 Å². The van der Waals surface area contributed by atoms with Gasteiger partial charge in [0.2, 0.25) is 11.8 Å². The van der Waals surface area contributed by atoms with Crippen LogP contribution >= 0.6 is 0 Å². The van der Waals surface area contributed by atoms with Gasteiger partial charge in [0, 0.05) is 45.6 Å². The molecule has 2 rings (SSSR count). The summed E-state index contributed by atoms with van der Waals surface area (Å²) in [6, 6.07) is 0. The van der Waals surface area contributed by atoms with E-state index < -0.39 is 11.7 Å². The van der Waals surface area contributed by atoms with Crippen molar-refractivity contribution in [1.29, 1.82) is 0 Å². The third-order valence-electron chi connectivity index (χ3n) is 5.40. The molecule has 0 spiro atoms. The van der Waals surface area contributed by atoms with Gasteiger partial charge in [-0.05, 0) is 46.0 Å². The molecule has 0 atom stereocenters. The van der Waals surface area contributed by atoms with Crippen LogP contribution in [0.15, 0.2) is 0 Å². The highest BCUT2D eigenvalue weighted by Gasteiger charge is 2.25. The molecule has 0 aromatic rings. The van der Waals surface area contributed by atoms with E-state index in [4.69, 9.17) is 4.74 Å². The summed E-state index contributed by atoms with van der Waals surface area (Å²) >= 11 is 0. The lowest BCUT2D eigenvalue weighted by Gasteiger charge is -2.26. The van der Waals surface area contributed by atoms with Crippen LogP contribution in [0.2, 0.25) is 0 Å². The van der Waals surface area contributed by atoms with E-state index in [2.05, 4.69) is 5.32 Å². The zero-order chi connectivity index (χ0) is 20.6. The van der Waals surface area contributed by atoms with Crippen LogP contribution in [-0.4, -0.2) is 66.0 Å². The van der Waals surface area contributed by atoms with Gasteiger partial charge >= 0.3 is 6.09 Å². The highest BCUT2D eigenvalue weighted by Crippen LogP contribution is 2.27. The van der Waals surface area contributed by atoms with Crippen molar-refractivity contribution < 1.29 is 19.1 Å². The van der Waals surface area contributed by atoms with Crippen molar-refractivity contribution in [3.05, 3.63) is 0 Å². The summed E-state index contributed by atoms with van der Waals surface area (Å²) < 4.78 is 5.17. The van der Waals surface area contributed by atoms with Crippen LogP contribution in [0.1, 0.15) is 72.1 Å². The van der Waals surface area contributed by atoms with Crippen molar-refractivity contribution in [3.63, 3.8) is 0 Å². The Morgan fingerprint density at radius 2 is 1.50 bits per heavy atom. The molecule has 28 heavy (non-hydrogen) atoms. The molecule has 2 aliphatic rings. The van der Waals surface area contributed by atoms with E-state index in [1.807, 2.05) is 9.80 Å². The van der Waals surface area contributed by atoms with E-state index in [-0.39, 0.29) is 24.8 Å². The lowest BCUT2D eigenvalue weighted by molar-refractivity contribution is -0.134. The van der Waals surface area contributed by atoms with Gasteiger partial charge in [0.05, 0.1) is 0 Å². The lowest BCUT2D eigenvalue weighted by Crippen LogP contribution is -2.39. The van der Waals surface area contributed by atoms with Crippen LogP contribution in [-0.2, 0) is 14.3 Å². The second-order valence-corrected chi connectivity index (χ2v) is 9.00. The van der Waals surface area contributed by atoms with Crippen molar-refractivity contribution >= 4 is 17.9 Å². The Kier molecular flexibility index (Phi) is 8.58. The third kappa shape index (κ3) is 8.07. The average molecular weight is 396 g/mol. The zero-order valence-corrected chi connectivity index (χ0v) is 17.8. The van der Waals surface area contributed by atoms with Crippen molar-refractivity contribution in [2.24, 2.45) is 5.92 Å². The maximum Gasteiger partial charge on any atom is 0.407 e. The molecule has 3 amide bonds. The van der Waals surface area contributed by atoms with E-state index in [1.165, 1.54) is 32.1 Å². The first-order valence-corrected chi connectivity index (χ1v) is 10.8. The Hall–Kier alpha value is -1.79. The fraction of sp³-hybridized carbons (Fsp3) is 0.857. The monoisotopic (exact) mass is 395 g/mol. The maximum absolute atomic E-state index is 12.6. The number of hydrogen-bond acceptors (Lipinski definition) is 4. The number of alkyl carbamates (subject to hydrolysis) is 1. The second kappa shape index (κ2) is 10.7. The summed E-state index contributed by atoms with van der Waals surface area (Å²) in [5, 5.41) is 2.62. The quantitative estimate of drug-likeness (QED) is 0.776. The van der Waals surface area contributed by atoms with E-state index in [0.717, 1.165) is 13.0 Å². The topological polar surface area (TPSA) is 79.0 Å². The van der Waals surface area contributed by atoms with Crippen molar-refractivity contribution in [2.75, 3.05) is 32.7 Å². The summed E-state index contributed by atoms with van der Waals surface area (Å²) in [5.41, 5.74) is -0.549. The average Bonchev–Trinajstić information content (AvgIpc) is 2.87. The number of carbonyl (C=O) groups is 3. The molecule has 1 N–H and O–H groups in total. The molecule has 7 heteroatoms. The number of rotatable bonds is 5. The first-order chi connectivity index (χ1) is 13.2. The number of nitrogens with one attached hydrogen (secondary N) is 1. The number of nitrogens with zero attached hydrogens (tertiary/aromatic N) is 2. The highest BCUT2D eigenvalue weighted by molar-refractivity contribution is 5.78. The predicted molar refractivity (Wildman–Crippen MR) is 108 cm³/mol. The standard InChI is InChI=1S/C21H37N3O4/c1-21(2,3)28-20(27)22-11-10-18(25)23-12-7-13-24(15-14-23)19(26)16-17-8-5-4-6-9-17/h17H,4-16H2,1-3H3,(H,22,27). The van der Waals surface area contributed by atoms with Gasteiger partial charge in [0.1, 0.15) is 5.60 Å². The van der Waals surface area contributed by atoms with Gasteiger partial charge in [-0.2, -0.15) is 0 Å². The number of ether oxygens (including phenoxy) is 1. The Bertz CT molecular complexity index is 538. The van der Waals surface area contributed by atoms with Gasteiger partial charge < -0.3 is 19.9 Å². The van der Waals surface area contributed by atoms with Gasteiger partial charge in [-0.3, -0.25) is 9.59 Å². The molecule has 0 aromatic heterocycles. The SMILES string of the molecule is CC(C)(C)OC(=O)NCCC(=O)N1CCCN(C(=O)CC2CCCCC2)CC1. The van der Waals surface area contributed by atoms with Crippen molar-refractivity contribution in [3.8, 4) is 0 Å². The molecule has 0 unspecified atom stereocenters. The predicted octanol–water partition coefficient (Wildman–Crippen LogP) is 2.93. The number of carbonyl (C=O) groups excluding carboxylic acids is 3. The minimum Gasteiger partial charge on any atom is -0.444 e. The second-order valence-electron chi connectivity index (χ2n) is 9.00. The molecule has 1 saturated heterocycles. The number of hydrogen-bond donors (Lipinski definition) is 1. The van der Waals surface area contributed by atoms with Gasteiger partial charge in [-0.25, -0.2) is 4.79 Å². The molecule has 0 radical (unpaired) electrons. The molecule has 0 bridgehead atoms. The molecular weight excluding hydrogens is 358 g/mol. The van der Waals surface area contributed by atoms with Gasteiger partial charge in [0.25, 0.3) is 0 Å². The van der Waals surface area contributed by atoms with E-state index in [9.17, 15) is 14.4 Å². The molecule has 1 aliphatic heterocycles. The normalized spacial score (nSPS) is 19.1. The Morgan fingerprint density at radius 3 is 2.11 bits per heavy atom. The first-order valence-electron chi connectivity index (χ1n) is 10.8. The summed E-state index contributed by atoms with van der Waals surface area (Å²) in [5.74, 6) is 0.798. The summed E-state index contributed by atoms with van der Waals surface area (Å²) in [7, 11) is 0. The lowest BCUT2D eigenvalue weighted by atomic mass is 9.86. The molecule has 1 aliphatic carbocycles. The molecule has 1 heterocycles.